The number of nitrogens with two attached hydrogens (primary N) is 3. The highest BCUT2D eigenvalue weighted by Gasteiger charge is 2.37. The largest absolute Gasteiger partial charge is 0.433 e. The molecule has 0 radical (unpaired) electrons. The number of benzene rings is 2. The number of hydrazone groups is 1. The molecule has 2 aromatic rings. The van der Waals surface area contributed by atoms with Crippen LogP contribution in [0.1, 0.15) is 16.8 Å². The number of rotatable bonds is 7. The lowest BCUT2D eigenvalue weighted by Gasteiger charge is -2.22. The molecule has 0 aromatic heterocycles. The number of aliphatic imine (C=N–C) groups is 1. The molecule has 12 nitrogen and oxygen atoms in total. The van der Waals surface area contributed by atoms with E-state index < -0.39 is 35.4 Å². The molecule has 0 aliphatic carbocycles. The van der Waals surface area contributed by atoms with Gasteiger partial charge in [0.1, 0.15) is 11.4 Å². The Balaban J connectivity index is 1.94. The molecule has 1 aliphatic rings. The van der Waals surface area contributed by atoms with E-state index in [4.69, 9.17) is 17.4 Å². The molecule has 0 atom stereocenters. The van der Waals surface area contributed by atoms with E-state index in [9.17, 15) is 27.6 Å². The van der Waals surface area contributed by atoms with Crippen LogP contribution in [0.2, 0.25) is 0 Å². The van der Waals surface area contributed by atoms with Crippen LogP contribution in [-0.4, -0.2) is 48.5 Å². The summed E-state index contributed by atoms with van der Waals surface area (Å²) in [6.07, 6.45) is -2.97. The van der Waals surface area contributed by atoms with Crippen molar-refractivity contribution in [3.8, 4) is 0 Å². The zero-order chi connectivity index (χ0) is 28.9. The highest BCUT2D eigenvalue weighted by atomic mass is 19.4. The summed E-state index contributed by atoms with van der Waals surface area (Å²) < 4.78 is 40.2. The smallest absolute Gasteiger partial charge is 0.366 e. The number of halogens is 3. The number of hydrazine groups is 2. The number of urea groups is 1. The molecule has 0 fully saturated rings. The number of carbonyl (C=O) groups excluding carboxylic acids is 3. The zero-order valence-corrected chi connectivity index (χ0v) is 20.5. The number of nitrogens with zero attached hydrogens (tertiary/aromatic N) is 5. The van der Waals surface area contributed by atoms with Gasteiger partial charge in [0.15, 0.2) is 0 Å². The summed E-state index contributed by atoms with van der Waals surface area (Å²) in [7, 11) is 1.32. The molecule has 204 valence electrons. The summed E-state index contributed by atoms with van der Waals surface area (Å²) >= 11 is 0. The van der Waals surface area contributed by atoms with Crippen LogP contribution in [0.5, 0.6) is 0 Å². The molecule has 39 heavy (non-hydrogen) atoms. The van der Waals surface area contributed by atoms with Crippen molar-refractivity contribution in [1.82, 2.24) is 5.01 Å². The molecule has 2 aromatic carbocycles. The monoisotopic (exact) mass is 543 g/mol. The Morgan fingerprint density at radius 1 is 1.10 bits per heavy atom. The Hall–Kier alpha value is -5.02. The molecular weight excluding hydrogens is 519 g/mol. The van der Waals surface area contributed by atoms with Crippen molar-refractivity contribution in [2.45, 2.75) is 12.6 Å². The number of hydrogen-bond donors (Lipinski definition) is 4. The maximum absolute atomic E-state index is 13.4. The van der Waals surface area contributed by atoms with E-state index >= 15 is 0 Å². The van der Waals surface area contributed by atoms with Gasteiger partial charge in [0.05, 0.1) is 11.4 Å². The zero-order valence-electron chi connectivity index (χ0n) is 20.5. The van der Waals surface area contributed by atoms with Crippen molar-refractivity contribution in [3.05, 3.63) is 77.6 Å². The number of amides is 4. The lowest BCUT2D eigenvalue weighted by Crippen LogP contribution is -2.48. The second kappa shape index (κ2) is 11.6. The molecule has 7 N–H and O–H groups in total. The van der Waals surface area contributed by atoms with Crippen molar-refractivity contribution >= 4 is 47.3 Å². The normalized spacial score (nSPS) is 14.2. The Kier molecular flexibility index (Phi) is 8.47. The Labute approximate surface area is 220 Å². The molecule has 0 saturated heterocycles. The van der Waals surface area contributed by atoms with Gasteiger partial charge in [0, 0.05) is 36.8 Å². The molecular formula is C24H24F3N9O3. The first kappa shape index (κ1) is 28.5. The summed E-state index contributed by atoms with van der Waals surface area (Å²) in [6, 6.07) is 10.9. The fraction of sp³-hybridized carbons (Fsp3) is 0.125. The van der Waals surface area contributed by atoms with Gasteiger partial charge < -0.3 is 11.1 Å². The van der Waals surface area contributed by atoms with Crippen LogP contribution in [0.3, 0.4) is 0 Å². The fourth-order valence-corrected chi connectivity index (χ4v) is 3.36. The highest BCUT2D eigenvalue weighted by molar-refractivity contribution is 6.49. The van der Waals surface area contributed by atoms with Crippen molar-refractivity contribution in [2.75, 3.05) is 22.4 Å². The quantitative estimate of drug-likeness (QED) is 0.181. The van der Waals surface area contributed by atoms with Crippen LogP contribution in [-0.2, 0) is 4.79 Å². The molecule has 4 amide bonds. The van der Waals surface area contributed by atoms with Gasteiger partial charge in [-0.05, 0) is 55.0 Å². The average molecular weight is 544 g/mol. The first-order valence-corrected chi connectivity index (χ1v) is 11.0. The highest BCUT2D eigenvalue weighted by Crippen LogP contribution is 2.32. The Bertz CT molecular complexity index is 1380. The van der Waals surface area contributed by atoms with E-state index in [-0.39, 0.29) is 28.9 Å². The van der Waals surface area contributed by atoms with Gasteiger partial charge in [-0.2, -0.15) is 18.3 Å². The van der Waals surface area contributed by atoms with E-state index in [0.717, 1.165) is 16.1 Å². The molecule has 0 bridgehead atoms. The first-order chi connectivity index (χ1) is 18.3. The third kappa shape index (κ3) is 6.85. The van der Waals surface area contributed by atoms with Gasteiger partial charge >= 0.3 is 12.2 Å². The van der Waals surface area contributed by atoms with Crippen LogP contribution in [0, 0.1) is 0 Å². The predicted octanol–water partition coefficient (Wildman–Crippen LogP) is 2.63. The number of anilines is 3. The molecule has 1 aliphatic heterocycles. The second-order valence-electron chi connectivity index (χ2n) is 8.07. The van der Waals surface area contributed by atoms with Crippen molar-refractivity contribution < 1.29 is 27.6 Å². The Morgan fingerprint density at radius 3 is 2.31 bits per heavy atom. The van der Waals surface area contributed by atoms with E-state index in [1.165, 1.54) is 66.8 Å². The van der Waals surface area contributed by atoms with Gasteiger partial charge in [-0.25, -0.2) is 31.5 Å². The van der Waals surface area contributed by atoms with E-state index in [1.807, 2.05) is 0 Å². The lowest BCUT2D eigenvalue weighted by molar-refractivity contribution is -0.110. The number of primary amides is 1. The molecule has 0 saturated carbocycles. The summed E-state index contributed by atoms with van der Waals surface area (Å²) in [5.41, 5.74) is 4.45. The molecule has 3 rings (SSSR count). The minimum absolute atomic E-state index is 0.0865. The number of hydrogen-bond acceptors (Lipinski definition) is 8. The number of carbonyl (C=O) groups is 3. The van der Waals surface area contributed by atoms with E-state index in [1.54, 1.807) is 0 Å². The van der Waals surface area contributed by atoms with Crippen LogP contribution >= 0.6 is 0 Å². The topological polar surface area (TPSA) is 176 Å². The number of alkyl halides is 3. The standard InChI is InChI=1S/C24H24F3N9O3/c1-31-35(17-7-9-18(10-8-17)36(30)23(39)34(2)29)13-15-6-11-19(24(25,26)27)33-20(15)22(38)32-16-5-3-4-14(12-16)21(28)37/h3-5,7-13H,1,6,29-30H2,2H3,(H2,28,37)(H,32,38)/b15-13+. The SMILES string of the molecule is C=NN(/C=C1\CC=C(C(F)(F)F)N=C1C(=O)Nc1cccc(C(N)=O)c1)c1ccc(N(N)C(=O)N(C)N)cc1. The Morgan fingerprint density at radius 2 is 1.74 bits per heavy atom. The van der Waals surface area contributed by atoms with Crippen LogP contribution in [0.25, 0.3) is 0 Å². The van der Waals surface area contributed by atoms with Gasteiger partial charge in [0.2, 0.25) is 5.91 Å². The fourth-order valence-electron chi connectivity index (χ4n) is 3.36. The number of nitrogens with one attached hydrogen (secondary N) is 1. The minimum atomic E-state index is -4.79. The van der Waals surface area contributed by atoms with Gasteiger partial charge in [-0.15, -0.1) is 0 Å². The van der Waals surface area contributed by atoms with Gasteiger partial charge in [-0.3, -0.25) is 14.6 Å². The lowest BCUT2D eigenvalue weighted by atomic mass is 10.0. The van der Waals surface area contributed by atoms with Crippen molar-refractivity contribution in [2.24, 2.45) is 27.5 Å². The maximum Gasteiger partial charge on any atom is 0.433 e. The second-order valence-corrected chi connectivity index (χ2v) is 8.07. The minimum Gasteiger partial charge on any atom is -0.366 e. The van der Waals surface area contributed by atoms with Crippen LogP contribution in [0.15, 0.2) is 82.2 Å². The van der Waals surface area contributed by atoms with Crippen molar-refractivity contribution in [1.29, 1.82) is 0 Å². The molecule has 15 heteroatoms. The van der Waals surface area contributed by atoms with Gasteiger partial charge in [-0.1, -0.05) is 6.07 Å². The van der Waals surface area contributed by atoms with Crippen molar-refractivity contribution in [3.63, 3.8) is 0 Å². The van der Waals surface area contributed by atoms with E-state index in [2.05, 4.69) is 22.1 Å². The summed E-state index contributed by atoms with van der Waals surface area (Å²) in [5, 5.41) is 9.09. The van der Waals surface area contributed by atoms with Crippen LogP contribution < -0.4 is 32.8 Å². The third-order valence-corrected chi connectivity index (χ3v) is 5.29. The summed E-state index contributed by atoms with van der Waals surface area (Å²) in [6.45, 7) is 3.47. The summed E-state index contributed by atoms with van der Waals surface area (Å²) in [5.74, 6) is 9.45. The maximum atomic E-state index is 13.4. The predicted molar refractivity (Wildman–Crippen MR) is 140 cm³/mol. The summed E-state index contributed by atoms with van der Waals surface area (Å²) in [4.78, 5) is 40.0. The third-order valence-electron chi connectivity index (χ3n) is 5.29. The van der Waals surface area contributed by atoms with E-state index in [0.29, 0.717) is 5.69 Å². The molecule has 1 heterocycles. The van der Waals surface area contributed by atoms with Gasteiger partial charge in [0.25, 0.3) is 5.91 Å². The molecule has 0 spiro atoms. The molecule has 0 unspecified atom stereocenters. The average Bonchev–Trinajstić information content (AvgIpc) is 2.90. The first-order valence-electron chi connectivity index (χ1n) is 11.0. The van der Waals surface area contributed by atoms with Crippen LogP contribution in [0.4, 0.5) is 35.0 Å². The number of allylic oxidation sites excluding steroid dienone is 2.